The molecular formula is C12H18F2N2O. The van der Waals surface area contributed by atoms with Gasteiger partial charge < -0.3 is 16.2 Å². The highest BCUT2D eigenvalue weighted by Crippen LogP contribution is 2.27. The number of nitrogens with two attached hydrogens (primary N) is 2. The Morgan fingerprint density at radius 2 is 1.94 bits per heavy atom. The molecule has 0 saturated heterocycles. The molecule has 0 heterocycles. The minimum Gasteiger partial charge on any atom is -0.494 e. The van der Waals surface area contributed by atoms with E-state index in [1.807, 2.05) is 6.92 Å². The maximum absolute atomic E-state index is 13.7. The van der Waals surface area contributed by atoms with Crippen LogP contribution in [0.15, 0.2) is 12.1 Å². The summed E-state index contributed by atoms with van der Waals surface area (Å²) in [7, 11) is 1.29. The maximum atomic E-state index is 13.7. The van der Waals surface area contributed by atoms with Crippen molar-refractivity contribution in [3.63, 3.8) is 0 Å². The van der Waals surface area contributed by atoms with E-state index in [1.165, 1.54) is 7.11 Å². The number of rotatable bonds is 5. The molecule has 0 aliphatic heterocycles. The molecule has 1 rings (SSSR count). The fraction of sp³-hybridized carbons (Fsp3) is 0.500. The van der Waals surface area contributed by atoms with Crippen LogP contribution in [-0.2, 0) is 0 Å². The molecule has 1 aromatic carbocycles. The highest BCUT2D eigenvalue weighted by molar-refractivity contribution is 5.32. The van der Waals surface area contributed by atoms with Gasteiger partial charge in [0.2, 0.25) is 0 Å². The van der Waals surface area contributed by atoms with Gasteiger partial charge in [-0.15, -0.1) is 0 Å². The Bertz CT molecular complexity index is 385. The summed E-state index contributed by atoms with van der Waals surface area (Å²) in [6.45, 7) is 2.38. The summed E-state index contributed by atoms with van der Waals surface area (Å²) in [4.78, 5) is 0. The van der Waals surface area contributed by atoms with E-state index < -0.39 is 17.7 Å². The van der Waals surface area contributed by atoms with Crippen LogP contribution in [-0.4, -0.2) is 13.7 Å². The first-order chi connectivity index (χ1) is 7.99. The van der Waals surface area contributed by atoms with Gasteiger partial charge in [-0.3, -0.25) is 0 Å². The molecule has 2 atom stereocenters. The van der Waals surface area contributed by atoms with Gasteiger partial charge in [0, 0.05) is 17.7 Å². The van der Waals surface area contributed by atoms with Crippen molar-refractivity contribution in [3.8, 4) is 5.75 Å². The average Bonchev–Trinajstić information content (AvgIpc) is 2.31. The molecule has 96 valence electrons. The standard InChI is InChI=1S/C12H18F2N2O/c1-7(6-15)3-11(16)8-4-10(14)12(17-2)5-9(8)13/h4-5,7,11H,3,6,15-16H2,1-2H3. The van der Waals surface area contributed by atoms with Crippen molar-refractivity contribution >= 4 is 0 Å². The highest BCUT2D eigenvalue weighted by Gasteiger charge is 2.17. The molecule has 0 saturated carbocycles. The Morgan fingerprint density at radius 3 is 2.47 bits per heavy atom. The molecule has 0 radical (unpaired) electrons. The maximum Gasteiger partial charge on any atom is 0.165 e. The third-order valence-electron chi connectivity index (χ3n) is 2.73. The Morgan fingerprint density at radius 1 is 1.29 bits per heavy atom. The number of methoxy groups -OCH3 is 1. The quantitative estimate of drug-likeness (QED) is 0.832. The third kappa shape index (κ3) is 3.38. The summed E-state index contributed by atoms with van der Waals surface area (Å²) < 4.78 is 31.8. The lowest BCUT2D eigenvalue weighted by Crippen LogP contribution is -2.20. The molecule has 0 spiro atoms. The minimum absolute atomic E-state index is 0.120. The lowest BCUT2D eigenvalue weighted by molar-refractivity contribution is 0.379. The Balaban J connectivity index is 2.94. The fourth-order valence-corrected chi connectivity index (χ4v) is 1.64. The zero-order valence-corrected chi connectivity index (χ0v) is 10.0. The van der Waals surface area contributed by atoms with Crippen LogP contribution >= 0.6 is 0 Å². The highest BCUT2D eigenvalue weighted by atomic mass is 19.1. The Hall–Kier alpha value is -1.20. The summed E-state index contributed by atoms with van der Waals surface area (Å²) in [5, 5.41) is 0. The van der Waals surface area contributed by atoms with Gasteiger partial charge in [0.1, 0.15) is 5.82 Å². The summed E-state index contributed by atoms with van der Waals surface area (Å²) >= 11 is 0. The smallest absolute Gasteiger partial charge is 0.165 e. The second kappa shape index (κ2) is 5.93. The molecule has 17 heavy (non-hydrogen) atoms. The van der Waals surface area contributed by atoms with Crippen LogP contribution in [0.5, 0.6) is 5.75 Å². The van der Waals surface area contributed by atoms with Crippen LogP contribution < -0.4 is 16.2 Å². The minimum atomic E-state index is -0.611. The van der Waals surface area contributed by atoms with Gasteiger partial charge in [-0.2, -0.15) is 0 Å². The molecule has 1 aromatic rings. The van der Waals surface area contributed by atoms with Crippen molar-refractivity contribution in [2.45, 2.75) is 19.4 Å². The van der Waals surface area contributed by atoms with E-state index in [0.29, 0.717) is 13.0 Å². The van der Waals surface area contributed by atoms with Gasteiger partial charge in [-0.05, 0) is 24.9 Å². The Kier molecular flexibility index (Phi) is 4.84. The van der Waals surface area contributed by atoms with Crippen molar-refractivity contribution in [1.29, 1.82) is 0 Å². The monoisotopic (exact) mass is 244 g/mol. The summed E-state index contributed by atoms with van der Waals surface area (Å²) in [5.41, 5.74) is 11.5. The van der Waals surface area contributed by atoms with E-state index in [-0.39, 0.29) is 17.2 Å². The van der Waals surface area contributed by atoms with Gasteiger partial charge in [-0.25, -0.2) is 8.78 Å². The van der Waals surface area contributed by atoms with Crippen molar-refractivity contribution < 1.29 is 13.5 Å². The molecule has 4 N–H and O–H groups in total. The van der Waals surface area contributed by atoms with Gasteiger partial charge in [0.05, 0.1) is 7.11 Å². The van der Waals surface area contributed by atoms with Crippen LogP contribution in [0.3, 0.4) is 0 Å². The largest absolute Gasteiger partial charge is 0.494 e. The van der Waals surface area contributed by atoms with E-state index in [2.05, 4.69) is 4.74 Å². The molecule has 5 heteroatoms. The van der Waals surface area contributed by atoms with E-state index >= 15 is 0 Å². The van der Waals surface area contributed by atoms with Crippen molar-refractivity contribution in [3.05, 3.63) is 29.3 Å². The van der Waals surface area contributed by atoms with Gasteiger partial charge in [-0.1, -0.05) is 6.92 Å². The number of ether oxygens (including phenoxy) is 1. The normalized spacial score (nSPS) is 14.5. The fourth-order valence-electron chi connectivity index (χ4n) is 1.64. The topological polar surface area (TPSA) is 61.3 Å². The number of hydrogen-bond acceptors (Lipinski definition) is 3. The molecule has 0 fully saturated rings. The van der Waals surface area contributed by atoms with Crippen molar-refractivity contribution in [2.24, 2.45) is 17.4 Å². The zero-order chi connectivity index (χ0) is 13.0. The molecule has 0 aliphatic rings. The average molecular weight is 244 g/mol. The van der Waals surface area contributed by atoms with Crippen LogP contribution in [0.25, 0.3) is 0 Å². The predicted molar refractivity (Wildman–Crippen MR) is 62.7 cm³/mol. The Labute approximate surface area is 99.7 Å². The zero-order valence-electron chi connectivity index (χ0n) is 10.0. The van der Waals surface area contributed by atoms with E-state index in [1.54, 1.807) is 0 Å². The molecule has 2 unspecified atom stereocenters. The van der Waals surface area contributed by atoms with Gasteiger partial charge in [0.15, 0.2) is 11.6 Å². The van der Waals surface area contributed by atoms with Crippen molar-refractivity contribution in [2.75, 3.05) is 13.7 Å². The first-order valence-corrected chi connectivity index (χ1v) is 5.48. The van der Waals surface area contributed by atoms with Gasteiger partial charge >= 0.3 is 0 Å². The first-order valence-electron chi connectivity index (χ1n) is 5.48. The molecule has 0 amide bonds. The third-order valence-corrected chi connectivity index (χ3v) is 2.73. The molecule has 3 nitrogen and oxygen atoms in total. The molecule has 0 bridgehead atoms. The van der Waals surface area contributed by atoms with Gasteiger partial charge in [0.25, 0.3) is 0 Å². The summed E-state index contributed by atoms with van der Waals surface area (Å²) in [6, 6.07) is 1.54. The van der Waals surface area contributed by atoms with Crippen LogP contribution in [0.1, 0.15) is 24.9 Å². The van der Waals surface area contributed by atoms with Crippen LogP contribution in [0.2, 0.25) is 0 Å². The number of halogens is 2. The second-order valence-electron chi connectivity index (χ2n) is 4.19. The lowest BCUT2D eigenvalue weighted by Gasteiger charge is -2.17. The second-order valence-corrected chi connectivity index (χ2v) is 4.19. The summed E-state index contributed by atoms with van der Waals surface area (Å²) in [6.07, 6.45) is 0.513. The molecular weight excluding hydrogens is 226 g/mol. The first kappa shape index (κ1) is 13.9. The molecule has 0 aliphatic carbocycles. The van der Waals surface area contributed by atoms with E-state index in [9.17, 15) is 8.78 Å². The van der Waals surface area contributed by atoms with Crippen LogP contribution in [0, 0.1) is 17.6 Å². The lowest BCUT2D eigenvalue weighted by atomic mass is 9.96. The number of hydrogen-bond donors (Lipinski definition) is 2. The van der Waals surface area contributed by atoms with Crippen molar-refractivity contribution in [1.82, 2.24) is 0 Å². The number of benzene rings is 1. The molecule has 0 aromatic heterocycles. The SMILES string of the molecule is COc1cc(F)c(C(N)CC(C)CN)cc1F. The van der Waals surface area contributed by atoms with E-state index in [4.69, 9.17) is 11.5 Å². The van der Waals surface area contributed by atoms with E-state index in [0.717, 1.165) is 12.1 Å². The van der Waals surface area contributed by atoms with Crippen LogP contribution in [0.4, 0.5) is 8.78 Å². The predicted octanol–water partition coefficient (Wildman–Crippen LogP) is 1.96. The summed E-state index contributed by atoms with van der Waals surface area (Å²) in [5.74, 6) is -1.13.